The van der Waals surface area contributed by atoms with Gasteiger partial charge < -0.3 is 24.1 Å². The Labute approximate surface area is 238 Å². The smallest absolute Gasteiger partial charge is 0.126 e. The van der Waals surface area contributed by atoms with Crippen molar-refractivity contribution < 1.29 is 24.1 Å². The van der Waals surface area contributed by atoms with Gasteiger partial charge >= 0.3 is 0 Å². The Balaban J connectivity index is 1.56. The monoisotopic (exact) mass is 540 g/mol. The summed E-state index contributed by atoms with van der Waals surface area (Å²) < 4.78 is 24.0. The zero-order valence-electron chi connectivity index (χ0n) is 24.2. The lowest BCUT2D eigenvalue weighted by Gasteiger charge is -2.27. The summed E-state index contributed by atoms with van der Waals surface area (Å²) in [6, 6.07) is 27.7. The van der Waals surface area contributed by atoms with Crippen molar-refractivity contribution in [3.8, 4) is 23.0 Å². The second-order valence-corrected chi connectivity index (χ2v) is 10.5. The van der Waals surface area contributed by atoms with Gasteiger partial charge in [0.2, 0.25) is 0 Å². The fraction of sp³-hybridized carbons (Fsp3) is 0.314. The molecule has 1 N–H and O–H groups in total. The minimum Gasteiger partial charge on any atom is -0.497 e. The maximum Gasteiger partial charge on any atom is 0.126 e. The molecule has 0 saturated carbocycles. The largest absolute Gasteiger partial charge is 0.497 e. The van der Waals surface area contributed by atoms with E-state index in [-0.39, 0.29) is 6.61 Å². The zero-order valence-corrected chi connectivity index (χ0v) is 24.2. The van der Waals surface area contributed by atoms with Crippen molar-refractivity contribution in [1.82, 2.24) is 0 Å². The third-order valence-electron chi connectivity index (χ3n) is 7.29. The number of rotatable bonds is 13. The van der Waals surface area contributed by atoms with Gasteiger partial charge in [0.15, 0.2) is 0 Å². The van der Waals surface area contributed by atoms with Gasteiger partial charge in [0, 0.05) is 5.56 Å². The summed E-state index contributed by atoms with van der Waals surface area (Å²) in [6.07, 6.45) is 1.10. The first-order chi connectivity index (χ1) is 19.3. The van der Waals surface area contributed by atoms with E-state index in [0.29, 0.717) is 31.8 Å². The van der Waals surface area contributed by atoms with E-state index < -0.39 is 5.60 Å². The SMILES string of the molecule is COc1ccc(OCC(C)(O)CCc2c(C)c(OCc3ccccc3)c(C)c(C)c2OCc2ccccc2)cc1. The van der Waals surface area contributed by atoms with E-state index in [2.05, 4.69) is 45.0 Å². The molecule has 0 saturated heterocycles. The third-order valence-corrected chi connectivity index (χ3v) is 7.29. The average Bonchev–Trinajstić information content (AvgIpc) is 2.98. The standard InChI is InChI=1S/C35H40O5/c1-25-26(2)34(39-23-29-14-10-7-11-15-29)32(27(3)33(25)38-22-28-12-8-6-9-13-28)20-21-35(4,36)24-40-31-18-16-30(37-5)17-19-31/h6-19,36H,20-24H2,1-5H3. The van der Waals surface area contributed by atoms with E-state index in [4.69, 9.17) is 18.9 Å². The first kappa shape index (κ1) is 29.0. The highest BCUT2D eigenvalue weighted by molar-refractivity contribution is 5.58. The van der Waals surface area contributed by atoms with E-state index in [9.17, 15) is 5.11 Å². The van der Waals surface area contributed by atoms with E-state index >= 15 is 0 Å². The highest BCUT2D eigenvalue weighted by Crippen LogP contribution is 2.40. The van der Waals surface area contributed by atoms with E-state index in [1.54, 1.807) is 7.11 Å². The van der Waals surface area contributed by atoms with Gasteiger partial charge in [0.25, 0.3) is 0 Å². The van der Waals surface area contributed by atoms with Gasteiger partial charge in [-0.1, -0.05) is 60.7 Å². The molecular formula is C35H40O5. The molecule has 4 aromatic rings. The summed E-state index contributed by atoms with van der Waals surface area (Å²) >= 11 is 0. The lowest BCUT2D eigenvalue weighted by molar-refractivity contribution is 0.00448. The quantitative estimate of drug-likeness (QED) is 0.190. The van der Waals surface area contributed by atoms with Crippen molar-refractivity contribution in [3.05, 3.63) is 118 Å². The van der Waals surface area contributed by atoms with Crippen LogP contribution in [0.1, 0.15) is 46.7 Å². The fourth-order valence-electron chi connectivity index (χ4n) is 4.71. The molecule has 5 heteroatoms. The molecule has 0 aliphatic carbocycles. The maximum atomic E-state index is 11.3. The van der Waals surface area contributed by atoms with Crippen molar-refractivity contribution in [2.24, 2.45) is 0 Å². The van der Waals surface area contributed by atoms with Crippen molar-refractivity contribution in [2.75, 3.05) is 13.7 Å². The fourth-order valence-corrected chi connectivity index (χ4v) is 4.71. The van der Waals surface area contributed by atoms with Crippen LogP contribution in [0.4, 0.5) is 0 Å². The molecule has 4 rings (SSSR count). The first-order valence-electron chi connectivity index (χ1n) is 13.7. The normalized spacial score (nSPS) is 12.4. The predicted molar refractivity (Wildman–Crippen MR) is 160 cm³/mol. The van der Waals surface area contributed by atoms with Crippen molar-refractivity contribution >= 4 is 0 Å². The zero-order chi connectivity index (χ0) is 28.5. The van der Waals surface area contributed by atoms with Crippen LogP contribution in [0.25, 0.3) is 0 Å². The van der Waals surface area contributed by atoms with Gasteiger partial charge in [-0.2, -0.15) is 0 Å². The van der Waals surface area contributed by atoms with Gasteiger partial charge in [0.05, 0.1) is 12.7 Å². The molecule has 0 aliphatic heterocycles. The van der Waals surface area contributed by atoms with Crippen LogP contribution in [-0.2, 0) is 19.6 Å². The Morgan fingerprint density at radius 3 is 1.68 bits per heavy atom. The highest BCUT2D eigenvalue weighted by atomic mass is 16.5. The third kappa shape index (κ3) is 7.57. The minimum atomic E-state index is -1.05. The van der Waals surface area contributed by atoms with Crippen molar-refractivity contribution in [2.45, 2.75) is 59.4 Å². The van der Waals surface area contributed by atoms with Crippen LogP contribution in [0, 0.1) is 20.8 Å². The molecule has 1 atom stereocenters. The van der Waals surface area contributed by atoms with Crippen LogP contribution < -0.4 is 18.9 Å². The summed E-state index contributed by atoms with van der Waals surface area (Å²) in [4.78, 5) is 0. The van der Waals surface area contributed by atoms with Crippen LogP contribution in [0.3, 0.4) is 0 Å². The second kappa shape index (κ2) is 13.4. The lowest BCUT2D eigenvalue weighted by atomic mass is 9.90. The maximum absolute atomic E-state index is 11.3. The minimum absolute atomic E-state index is 0.167. The van der Waals surface area contributed by atoms with E-state index in [0.717, 1.165) is 50.6 Å². The summed E-state index contributed by atoms with van der Waals surface area (Å²) in [6.45, 7) is 9.18. The Morgan fingerprint density at radius 1 is 0.625 bits per heavy atom. The van der Waals surface area contributed by atoms with Crippen LogP contribution in [0.2, 0.25) is 0 Å². The van der Waals surface area contributed by atoms with Crippen LogP contribution >= 0.6 is 0 Å². The summed E-state index contributed by atoms with van der Waals surface area (Å²) in [5, 5.41) is 11.3. The number of benzene rings is 4. The first-order valence-corrected chi connectivity index (χ1v) is 13.7. The van der Waals surface area contributed by atoms with Gasteiger partial charge in [0.1, 0.15) is 42.8 Å². The Bertz CT molecular complexity index is 1360. The summed E-state index contributed by atoms with van der Waals surface area (Å²) in [5.41, 5.74) is 5.37. The predicted octanol–water partition coefficient (Wildman–Crippen LogP) is 7.54. The molecular weight excluding hydrogens is 500 g/mol. The number of methoxy groups -OCH3 is 1. The molecule has 40 heavy (non-hydrogen) atoms. The van der Waals surface area contributed by atoms with E-state index in [1.165, 1.54) is 0 Å². The van der Waals surface area contributed by atoms with Crippen LogP contribution in [-0.4, -0.2) is 24.4 Å². The van der Waals surface area contributed by atoms with Gasteiger partial charge in [-0.05, 0) is 92.6 Å². The molecule has 210 valence electrons. The molecule has 0 heterocycles. The highest BCUT2D eigenvalue weighted by Gasteiger charge is 2.26. The molecule has 0 aliphatic rings. The molecule has 4 aromatic carbocycles. The average molecular weight is 541 g/mol. The Kier molecular flexibility index (Phi) is 9.73. The topological polar surface area (TPSA) is 57.2 Å². The molecule has 0 aromatic heterocycles. The Hall–Kier alpha value is -3.96. The summed E-state index contributed by atoms with van der Waals surface area (Å²) in [5.74, 6) is 3.18. The number of aliphatic hydroxyl groups is 1. The number of hydrogen-bond donors (Lipinski definition) is 1. The Morgan fingerprint density at radius 2 is 1.12 bits per heavy atom. The summed E-state index contributed by atoms with van der Waals surface area (Å²) in [7, 11) is 1.63. The second-order valence-electron chi connectivity index (χ2n) is 10.5. The molecule has 0 spiro atoms. The van der Waals surface area contributed by atoms with Gasteiger partial charge in [-0.25, -0.2) is 0 Å². The van der Waals surface area contributed by atoms with Crippen molar-refractivity contribution in [1.29, 1.82) is 0 Å². The number of hydrogen-bond acceptors (Lipinski definition) is 5. The van der Waals surface area contributed by atoms with E-state index in [1.807, 2.05) is 67.6 Å². The van der Waals surface area contributed by atoms with Crippen LogP contribution in [0.5, 0.6) is 23.0 Å². The van der Waals surface area contributed by atoms with Gasteiger partial charge in [-0.3, -0.25) is 0 Å². The molecule has 0 radical (unpaired) electrons. The number of ether oxygens (including phenoxy) is 4. The van der Waals surface area contributed by atoms with Crippen molar-refractivity contribution in [3.63, 3.8) is 0 Å². The van der Waals surface area contributed by atoms with Crippen LogP contribution in [0.15, 0.2) is 84.9 Å². The molecule has 5 nitrogen and oxygen atoms in total. The van der Waals surface area contributed by atoms with Gasteiger partial charge in [-0.15, -0.1) is 0 Å². The molecule has 0 amide bonds. The lowest BCUT2D eigenvalue weighted by Crippen LogP contribution is -2.33. The molecule has 0 bridgehead atoms. The molecule has 0 fully saturated rings. The molecule has 1 unspecified atom stereocenters.